The van der Waals surface area contributed by atoms with E-state index in [-0.39, 0.29) is 36.3 Å². The molecule has 4 rings (SSSR count). The quantitative estimate of drug-likeness (QED) is 0.673. The lowest BCUT2D eigenvalue weighted by molar-refractivity contribution is -0.138. The van der Waals surface area contributed by atoms with E-state index in [0.717, 1.165) is 12.1 Å². The summed E-state index contributed by atoms with van der Waals surface area (Å²) in [5, 5.41) is 2.63. The number of benzene rings is 1. The summed E-state index contributed by atoms with van der Waals surface area (Å²) < 4.78 is 72.7. The zero-order valence-electron chi connectivity index (χ0n) is 18.6. The van der Waals surface area contributed by atoms with Gasteiger partial charge in [0.25, 0.3) is 10.0 Å². The van der Waals surface area contributed by atoms with Crippen molar-refractivity contribution in [3.05, 3.63) is 42.4 Å². The molecule has 2 aliphatic heterocycles. The summed E-state index contributed by atoms with van der Waals surface area (Å²) >= 11 is 0. The van der Waals surface area contributed by atoms with Gasteiger partial charge in [-0.15, -0.1) is 0 Å². The number of sulfonamides is 1. The van der Waals surface area contributed by atoms with Gasteiger partial charge >= 0.3 is 6.18 Å². The summed E-state index contributed by atoms with van der Waals surface area (Å²) in [6.07, 6.45) is -0.562. The molecular formula is C21H26F3N5O4S. The molecule has 2 fully saturated rings. The SMILES string of the molecule is Cn1cnc(S(=O)(=O)N2CCC3(CC2)CN(CC(=O)Nc2ccc(C(F)(F)F)cc2)CCO3)c1. The van der Waals surface area contributed by atoms with Crippen LogP contribution >= 0.6 is 0 Å². The largest absolute Gasteiger partial charge is 0.416 e. The van der Waals surface area contributed by atoms with Crippen molar-refractivity contribution in [2.45, 2.75) is 29.6 Å². The van der Waals surface area contributed by atoms with Gasteiger partial charge in [0.2, 0.25) is 5.91 Å². The average molecular weight is 502 g/mol. The maximum Gasteiger partial charge on any atom is 0.416 e. The zero-order valence-corrected chi connectivity index (χ0v) is 19.4. The van der Waals surface area contributed by atoms with Crippen LogP contribution in [0.5, 0.6) is 0 Å². The second-order valence-electron chi connectivity index (χ2n) is 8.65. The maximum atomic E-state index is 12.8. The van der Waals surface area contributed by atoms with E-state index in [1.807, 2.05) is 4.90 Å². The van der Waals surface area contributed by atoms with Gasteiger partial charge in [0.05, 0.1) is 30.6 Å². The number of aryl methyl sites for hydroxylation is 1. The number of halogens is 3. The molecule has 1 aromatic carbocycles. The molecule has 1 N–H and O–H groups in total. The van der Waals surface area contributed by atoms with E-state index in [9.17, 15) is 26.4 Å². The fourth-order valence-corrected chi connectivity index (χ4v) is 5.70. The molecule has 0 unspecified atom stereocenters. The van der Waals surface area contributed by atoms with Crippen LogP contribution in [0, 0.1) is 0 Å². The number of hydrogen-bond donors (Lipinski definition) is 1. The molecule has 2 saturated heterocycles. The molecule has 1 spiro atoms. The molecule has 0 atom stereocenters. The first kappa shape index (κ1) is 24.6. The fourth-order valence-electron chi connectivity index (χ4n) is 4.30. The van der Waals surface area contributed by atoms with Crippen molar-refractivity contribution < 1.29 is 31.1 Å². The molecule has 186 valence electrons. The van der Waals surface area contributed by atoms with Gasteiger partial charge < -0.3 is 14.6 Å². The third-order valence-corrected chi connectivity index (χ3v) is 7.89. The second-order valence-corrected chi connectivity index (χ2v) is 10.5. The number of carbonyl (C=O) groups excluding carboxylic acids is 1. The van der Waals surface area contributed by atoms with Crippen molar-refractivity contribution in [1.82, 2.24) is 18.8 Å². The number of alkyl halides is 3. The van der Waals surface area contributed by atoms with Gasteiger partial charge in [-0.1, -0.05) is 0 Å². The van der Waals surface area contributed by atoms with Crippen LogP contribution in [-0.4, -0.2) is 78.0 Å². The van der Waals surface area contributed by atoms with Crippen molar-refractivity contribution in [3.8, 4) is 0 Å². The Morgan fingerprint density at radius 1 is 1.18 bits per heavy atom. The Kier molecular flexibility index (Phi) is 6.73. The lowest BCUT2D eigenvalue weighted by Gasteiger charge is -2.46. The van der Waals surface area contributed by atoms with Crippen LogP contribution in [0.15, 0.2) is 41.8 Å². The molecule has 1 amide bonds. The predicted molar refractivity (Wildman–Crippen MR) is 116 cm³/mol. The minimum Gasteiger partial charge on any atom is -0.372 e. The molecule has 9 nitrogen and oxygen atoms in total. The van der Waals surface area contributed by atoms with E-state index in [0.29, 0.717) is 32.5 Å². The number of ether oxygens (including phenoxy) is 1. The highest BCUT2D eigenvalue weighted by Crippen LogP contribution is 2.32. The van der Waals surface area contributed by atoms with Crippen LogP contribution in [0.25, 0.3) is 0 Å². The number of amides is 1. The first-order valence-corrected chi connectivity index (χ1v) is 12.2. The minimum absolute atomic E-state index is 0.0112. The smallest absolute Gasteiger partial charge is 0.372 e. The number of nitrogens with one attached hydrogen (secondary N) is 1. The number of carbonyl (C=O) groups is 1. The van der Waals surface area contributed by atoms with Crippen LogP contribution < -0.4 is 5.32 Å². The van der Waals surface area contributed by atoms with Gasteiger partial charge in [0.15, 0.2) is 5.03 Å². The van der Waals surface area contributed by atoms with E-state index in [2.05, 4.69) is 10.3 Å². The lowest BCUT2D eigenvalue weighted by atomic mass is 9.90. The Labute approximate surface area is 195 Å². The van der Waals surface area contributed by atoms with Gasteiger partial charge in [-0.2, -0.15) is 17.5 Å². The van der Waals surface area contributed by atoms with E-state index < -0.39 is 27.4 Å². The number of nitrogens with zero attached hydrogens (tertiary/aromatic N) is 4. The van der Waals surface area contributed by atoms with Crippen molar-refractivity contribution in [2.24, 2.45) is 7.05 Å². The number of aromatic nitrogens is 2. The van der Waals surface area contributed by atoms with Gasteiger partial charge in [0.1, 0.15) is 0 Å². The Balaban J connectivity index is 1.31. The Morgan fingerprint density at radius 3 is 2.44 bits per heavy atom. The molecule has 0 bridgehead atoms. The molecular weight excluding hydrogens is 475 g/mol. The Morgan fingerprint density at radius 2 is 1.85 bits per heavy atom. The van der Waals surface area contributed by atoms with Crippen molar-refractivity contribution >= 4 is 21.6 Å². The van der Waals surface area contributed by atoms with E-state index in [1.54, 1.807) is 11.6 Å². The number of piperidine rings is 1. The summed E-state index contributed by atoms with van der Waals surface area (Å²) in [5.41, 5.74) is -1.05. The van der Waals surface area contributed by atoms with E-state index >= 15 is 0 Å². The van der Waals surface area contributed by atoms with Crippen LogP contribution in [0.1, 0.15) is 18.4 Å². The third kappa shape index (κ3) is 5.43. The highest BCUT2D eigenvalue weighted by Gasteiger charge is 2.43. The van der Waals surface area contributed by atoms with Gasteiger partial charge in [0, 0.05) is 45.1 Å². The molecule has 2 aliphatic rings. The summed E-state index contributed by atoms with van der Waals surface area (Å²) in [7, 11) is -1.97. The lowest BCUT2D eigenvalue weighted by Crippen LogP contribution is -2.58. The number of hydrogen-bond acceptors (Lipinski definition) is 6. The fraction of sp³-hybridized carbons (Fsp3) is 0.524. The summed E-state index contributed by atoms with van der Waals surface area (Å²) in [4.78, 5) is 18.3. The van der Waals surface area contributed by atoms with Gasteiger partial charge in [-0.3, -0.25) is 9.69 Å². The van der Waals surface area contributed by atoms with Crippen LogP contribution in [0.4, 0.5) is 18.9 Å². The molecule has 0 saturated carbocycles. The first-order chi connectivity index (χ1) is 16.0. The van der Waals surface area contributed by atoms with Crippen LogP contribution in [0.3, 0.4) is 0 Å². The van der Waals surface area contributed by atoms with Crippen LogP contribution in [-0.2, 0) is 32.8 Å². The van der Waals surface area contributed by atoms with Crippen molar-refractivity contribution in [1.29, 1.82) is 0 Å². The average Bonchev–Trinajstić information content (AvgIpc) is 3.21. The summed E-state index contributed by atoms with van der Waals surface area (Å²) in [5.74, 6) is -0.341. The number of morpholine rings is 1. The highest BCUT2D eigenvalue weighted by atomic mass is 32.2. The Hall–Kier alpha value is -2.48. The summed E-state index contributed by atoms with van der Waals surface area (Å²) in [6, 6.07) is 4.29. The molecule has 3 heterocycles. The number of anilines is 1. The molecule has 0 radical (unpaired) electrons. The van der Waals surface area contributed by atoms with Crippen LogP contribution in [0.2, 0.25) is 0 Å². The summed E-state index contributed by atoms with van der Waals surface area (Å²) in [6.45, 7) is 2.01. The van der Waals surface area contributed by atoms with Crippen molar-refractivity contribution in [2.75, 3.05) is 44.6 Å². The monoisotopic (exact) mass is 501 g/mol. The topological polar surface area (TPSA) is 96.8 Å². The highest BCUT2D eigenvalue weighted by molar-refractivity contribution is 7.89. The molecule has 2 aromatic rings. The van der Waals surface area contributed by atoms with Crippen molar-refractivity contribution in [3.63, 3.8) is 0 Å². The predicted octanol–water partition coefficient (Wildman–Crippen LogP) is 1.93. The molecule has 0 aliphatic carbocycles. The molecule has 13 heteroatoms. The van der Waals surface area contributed by atoms with Gasteiger partial charge in [-0.25, -0.2) is 13.4 Å². The van der Waals surface area contributed by atoms with E-state index in [4.69, 9.17) is 4.74 Å². The first-order valence-electron chi connectivity index (χ1n) is 10.8. The Bertz CT molecular complexity index is 1130. The number of imidazole rings is 1. The van der Waals surface area contributed by atoms with E-state index in [1.165, 1.54) is 29.0 Å². The standard InChI is InChI=1S/C21H26F3N5O4S/c1-27-13-19(25-15-27)34(31,32)29-8-6-20(7-9-29)14-28(10-11-33-20)12-18(30)26-17-4-2-16(3-5-17)21(22,23)24/h2-5,13,15H,6-12,14H2,1H3,(H,26,30). The maximum absolute atomic E-state index is 12.8. The normalized spacial score (nSPS) is 19.9. The number of rotatable bonds is 5. The van der Waals surface area contributed by atoms with Gasteiger partial charge in [-0.05, 0) is 37.1 Å². The zero-order chi connectivity index (χ0) is 24.6. The third-order valence-electron chi connectivity index (χ3n) is 6.11. The molecule has 34 heavy (non-hydrogen) atoms. The second kappa shape index (κ2) is 9.29. The minimum atomic E-state index is -4.43. The molecule has 1 aromatic heterocycles.